The van der Waals surface area contributed by atoms with Gasteiger partial charge in [0.15, 0.2) is 0 Å². The first-order valence-electron chi connectivity index (χ1n) is 10.2. The topological polar surface area (TPSA) is 92.4 Å². The van der Waals surface area contributed by atoms with E-state index in [0.29, 0.717) is 36.8 Å². The van der Waals surface area contributed by atoms with Gasteiger partial charge in [0.1, 0.15) is 5.82 Å². The molecule has 3 rings (SSSR count). The van der Waals surface area contributed by atoms with Crippen molar-refractivity contribution in [3.8, 4) is 0 Å². The molecule has 3 heterocycles. The molecule has 7 nitrogen and oxygen atoms in total. The first kappa shape index (κ1) is 20.8. The average molecular weight is 396 g/mol. The highest BCUT2D eigenvalue weighted by molar-refractivity contribution is 5.94. The summed E-state index contributed by atoms with van der Waals surface area (Å²) in [7, 11) is 1.84. The van der Waals surface area contributed by atoms with Crippen molar-refractivity contribution in [2.45, 2.75) is 32.1 Å². The van der Waals surface area contributed by atoms with E-state index >= 15 is 0 Å². The van der Waals surface area contributed by atoms with Gasteiger partial charge in [-0.1, -0.05) is 6.07 Å². The molecule has 0 bridgehead atoms. The van der Waals surface area contributed by atoms with Crippen molar-refractivity contribution >= 4 is 17.6 Å². The summed E-state index contributed by atoms with van der Waals surface area (Å²) in [6, 6.07) is 9.19. The van der Waals surface area contributed by atoms with Crippen LogP contribution in [0.4, 0.5) is 5.82 Å². The van der Waals surface area contributed by atoms with Gasteiger partial charge in [0.25, 0.3) is 5.91 Å². The minimum absolute atomic E-state index is 0.0130. The summed E-state index contributed by atoms with van der Waals surface area (Å²) in [4.78, 5) is 37.1. The van der Waals surface area contributed by atoms with Crippen molar-refractivity contribution in [2.24, 2.45) is 5.92 Å². The molecule has 2 aromatic heterocycles. The highest BCUT2D eigenvalue weighted by Gasteiger charge is 2.25. The maximum absolute atomic E-state index is 12.7. The monoisotopic (exact) mass is 395 g/mol. The number of nitrogen functional groups attached to an aromatic ring is 1. The van der Waals surface area contributed by atoms with Crippen molar-refractivity contribution < 1.29 is 9.59 Å². The zero-order chi connectivity index (χ0) is 20.6. The molecule has 154 valence electrons. The van der Waals surface area contributed by atoms with Crippen molar-refractivity contribution in [2.75, 3.05) is 32.4 Å². The highest BCUT2D eigenvalue weighted by atomic mass is 16.2. The van der Waals surface area contributed by atoms with Gasteiger partial charge in [-0.05, 0) is 49.4 Å². The third-order valence-corrected chi connectivity index (χ3v) is 5.46. The summed E-state index contributed by atoms with van der Waals surface area (Å²) < 4.78 is 0. The van der Waals surface area contributed by atoms with Crippen LogP contribution in [0, 0.1) is 5.92 Å². The molecule has 7 heteroatoms. The summed E-state index contributed by atoms with van der Waals surface area (Å²) in [6.45, 7) is 2.10. The largest absolute Gasteiger partial charge is 0.384 e. The predicted octanol–water partition coefficient (Wildman–Crippen LogP) is 2.39. The van der Waals surface area contributed by atoms with E-state index in [1.54, 1.807) is 23.2 Å². The molecule has 0 saturated carbocycles. The smallest absolute Gasteiger partial charge is 0.255 e. The Kier molecular flexibility index (Phi) is 7.16. The molecule has 0 aliphatic carbocycles. The van der Waals surface area contributed by atoms with Crippen molar-refractivity contribution in [3.63, 3.8) is 0 Å². The molecular formula is C22H29N5O2. The van der Waals surface area contributed by atoms with Crippen LogP contribution in [0.3, 0.4) is 0 Å². The number of amides is 2. The third kappa shape index (κ3) is 6.01. The van der Waals surface area contributed by atoms with Crippen LogP contribution in [0.2, 0.25) is 0 Å². The number of rotatable bonds is 7. The lowest BCUT2D eigenvalue weighted by molar-refractivity contribution is -0.130. The van der Waals surface area contributed by atoms with Crippen molar-refractivity contribution in [1.82, 2.24) is 19.8 Å². The zero-order valence-electron chi connectivity index (χ0n) is 17.0. The molecule has 1 fully saturated rings. The van der Waals surface area contributed by atoms with E-state index in [9.17, 15) is 9.59 Å². The van der Waals surface area contributed by atoms with E-state index in [0.717, 1.165) is 37.9 Å². The fraction of sp³-hybridized carbons (Fsp3) is 0.455. The van der Waals surface area contributed by atoms with Gasteiger partial charge in [-0.15, -0.1) is 0 Å². The molecule has 2 amide bonds. The lowest BCUT2D eigenvalue weighted by Gasteiger charge is -2.33. The number of anilines is 1. The standard InChI is InChI=1S/C22H29N5O2/c1-26(14-11-19-6-2-3-12-24-19)21(28)10-7-17-5-4-13-27(16-17)22(29)18-8-9-20(23)25-15-18/h2-3,6,8-9,12,15,17H,4-5,7,10-11,13-14,16H2,1H3,(H2,23,25)/t17-/m0/s1. The van der Waals surface area contributed by atoms with Gasteiger partial charge in [0, 0.05) is 57.6 Å². The Labute approximate surface area is 171 Å². The molecule has 0 unspecified atom stereocenters. The molecule has 0 spiro atoms. The Morgan fingerprint density at radius 3 is 2.83 bits per heavy atom. The molecule has 1 aliphatic rings. The summed E-state index contributed by atoms with van der Waals surface area (Å²) in [6.07, 6.45) is 7.38. The van der Waals surface area contributed by atoms with Crippen LogP contribution in [-0.4, -0.2) is 58.3 Å². The quantitative estimate of drug-likeness (QED) is 0.777. The van der Waals surface area contributed by atoms with Gasteiger partial charge in [-0.25, -0.2) is 4.98 Å². The molecule has 1 atom stereocenters. The normalized spacial score (nSPS) is 16.4. The number of likely N-dealkylation sites (N-methyl/N-ethyl adjacent to an activating group) is 1. The average Bonchev–Trinajstić information content (AvgIpc) is 2.76. The molecular weight excluding hydrogens is 366 g/mol. The summed E-state index contributed by atoms with van der Waals surface area (Å²) in [5.41, 5.74) is 7.15. The van der Waals surface area contributed by atoms with Crippen LogP contribution >= 0.6 is 0 Å². The number of carbonyl (C=O) groups excluding carboxylic acids is 2. The lowest BCUT2D eigenvalue weighted by Crippen LogP contribution is -2.40. The number of likely N-dealkylation sites (tertiary alicyclic amines) is 1. The molecule has 29 heavy (non-hydrogen) atoms. The number of aromatic nitrogens is 2. The van der Waals surface area contributed by atoms with Gasteiger partial charge in [0.05, 0.1) is 5.56 Å². The minimum Gasteiger partial charge on any atom is -0.384 e. The Hall–Kier alpha value is -2.96. The molecule has 2 aromatic rings. The van der Waals surface area contributed by atoms with Gasteiger partial charge >= 0.3 is 0 Å². The van der Waals surface area contributed by atoms with Gasteiger partial charge in [-0.3, -0.25) is 14.6 Å². The number of nitrogens with two attached hydrogens (primary N) is 1. The third-order valence-electron chi connectivity index (χ3n) is 5.46. The van der Waals surface area contributed by atoms with Crippen LogP contribution in [0.15, 0.2) is 42.7 Å². The van der Waals surface area contributed by atoms with Gasteiger partial charge < -0.3 is 15.5 Å². The highest BCUT2D eigenvalue weighted by Crippen LogP contribution is 2.23. The van der Waals surface area contributed by atoms with Crippen LogP contribution in [0.5, 0.6) is 0 Å². The van der Waals surface area contributed by atoms with E-state index < -0.39 is 0 Å². The Morgan fingerprint density at radius 2 is 2.10 bits per heavy atom. The Bertz CT molecular complexity index is 810. The maximum Gasteiger partial charge on any atom is 0.255 e. The number of nitrogens with zero attached hydrogens (tertiary/aromatic N) is 4. The molecule has 2 N–H and O–H groups in total. The molecule has 0 aromatic carbocycles. The van der Waals surface area contributed by atoms with Crippen LogP contribution in [-0.2, 0) is 11.2 Å². The number of hydrogen-bond donors (Lipinski definition) is 1. The molecule has 0 radical (unpaired) electrons. The first-order valence-corrected chi connectivity index (χ1v) is 10.2. The van der Waals surface area contributed by atoms with E-state index in [1.165, 1.54) is 6.20 Å². The maximum atomic E-state index is 12.7. The Morgan fingerprint density at radius 1 is 1.24 bits per heavy atom. The second-order valence-corrected chi connectivity index (χ2v) is 7.66. The minimum atomic E-state index is -0.0130. The zero-order valence-corrected chi connectivity index (χ0v) is 17.0. The fourth-order valence-electron chi connectivity index (χ4n) is 3.67. The number of pyridine rings is 2. The van der Waals surface area contributed by atoms with E-state index in [4.69, 9.17) is 5.73 Å². The predicted molar refractivity (Wildman–Crippen MR) is 112 cm³/mol. The number of hydrogen-bond acceptors (Lipinski definition) is 5. The fourth-order valence-corrected chi connectivity index (χ4v) is 3.67. The number of carbonyl (C=O) groups is 2. The van der Waals surface area contributed by atoms with Crippen LogP contribution in [0.25, 0.3) is 0 Å². The second kappa shape index (κ2) is 10.0. The van der Waals surface area contributed by atoms with Crippen LogP contribution < -0.4 is 5.73 Å². The SMILES string of the molecule is CN(CCc1ccccn1)C(=O)CC[C@@H]1CCCN(C(=O)c2ccc(N)nc2)C1. The first-order chi connectivity index (χ1) is 14.0. The van der Waals surface area contributed by atoms with E-state index in [2.05, 4.69) is 9.97 Å². The molecule has 1 aliphatic heterocycles. The number of piperidine rings is 1. The lowest BCUT2D eigenvalue weighted by atomic mass is 9.92. The van der Waals surface area contributed by atoms with Gasteiger partial charge in [-0.2, -0.15) is 0 Å². The van der Waals surface area contributed by atoms with E-state index in [-0.39, 0.29) is 11.8 Å². The van der Waals surface area contributed by atoms with E-state index in [1.807, 2.05) is 30.1 Å². The summed E-state index contributed by atoms with van der Waals surface area (Å²) in [5, 5.41) is 0. The summed E-state index contributed by atoms with van der Waals surface area (Å²) in [5.74, 6) is 0.888. The summed E-state index contributed by atoms with van der Waals surface area (Å²) >= 11 is 0. The van der Waals surface area contributed by atoms with Crippen LogP contribution in [0.1, 0.15) is 41.7 Å². The van der Waals surface area contributed by atoms with Gasteiger partial charge in [0.2, 0.25) is 5.91 Å². The molecule has 1 saturated heterocycles. The van der Waals surface area contributed by atoms with Crippen molar-refractivity contribution in [1.29, 1.82) is 0 Å². The second-order valence-electron chi connectivity index (χ2n) is 7.66. The Balaban J connectivity index is 1.44. The van der Waals surface area contributed by atoms with Crippen molar-refractivity contribution in [3.05, 3.63) is 54.0 Å².